The van der Waals surface area contributed by atoms with Crippen LogP contribution in [0.25, 0.3) is 11.1 Å². The van der Waals surface area contributed by atoms with E-state index in [0.29, 0.717) is 28.5 Å². The van der Waals surface area contributed by atoms with Crippen LogP contribution in [0.5, 0.6) is 0 Å². The first-order chi connectivity index (χ1) is 10.6. The van der Waals surface area contributed by atoms with E-state index in [9.17, 15) is 9.18 Å². The molecule has 3 rings (SSSR count). The molecule has 5 nitrogen and oxygen atoms in total. The van der Waals surface area contributed by atoms with E-state index in [2.05, 4.69) is 4.98 Å². The fraction of sp³-hybridized carbons (Fsp3) is 0.200. The van der Waals surface area contributed by atoms with Crippen LogP contribution in [0.2, 0.25) is 5.15 Å². The summed E-state index contributed by atoms with van der Waals surface area (Å²) in [4.78, 5) is 17.0. The highest BCUT2D eigenvalue weighted by Gasteiger charge is 2.31. The minimum absolute atomic E-state index is 0.235. The van der Waals surface area contributed by atoms with Gasteiger partial charge in [0.15, 0.2) is 0 Å². The van der Waals surface area contributed by atoms with Gasteiger partial charge in [-0.15, -0.1) is 0 Å². The molecule has 2 N–H and O–H groups in total. The van der Waals surface area contributed by atoms with Gasteiger partial charge in [-0.1, -0.05) is 11.6 Å². The van der Waals surface area contributed by atoms with Crippen molar-refractivity contribution in [1.82, 2.24) is 4.98 Å². The van der Waals surface area contributed by atoms with Crippen LogP contribution in [0.4, 0.5) is 14.9 Å². The number of nitrogens with two attached hydrogens (primary N) is 1. The van der Waals surface area contributed by atoms with Gasteiger partial charge in [0.05, 0.1) is 12.2 Å². The molecule has 1 amide bonds. The van der Waals surface area contributed by atoms with E-state index < -0.39 is 11.9 Å². The zero-order valence-corrected chi connectivity index (χ0v) is 12.3. The summed E-state index contributed by atoms with van der Waals surface area (Å²) in [6.45, 7) is 0.551. The number of halogens is 2. The molecule has 2 heterocycles. The summed E-state index contributed by atoms with van der Waals surface area (Å²) in [6.07, 6.45) is 0.612. The van der Waals surface area contributed by atoms with Crippen LogP contribution in [0.1, 0.15) is 0 Å². The third-order valence-corrected chi connectivity index (χ3v) is 3.66. The number of carbonyl (C=O) groups is 1. The van der Waals surface area contributed by atoms with E-state index in [4.69, 9.17) is 22.1 Å². The molecule has 1 saturated heterocycles. The molecule has 1 atom stereocenters. The Morgan fingerprint density at radius 1 is 1.41 bits per heavy atom. The van der Waals surface area contributed by atoms with Crippen LogP contribution >= 0.6 is 11.6 Å². The summed E-state index contributed by atoms with van der Waals surface area (Å²) in [5.41, 5.74) is 6.91. The second kappa shape index (κ2) is 5.90. The summed E-state index contributed by atoms with van der Waals surface area (Å²) < 4.78 is 19.4. The SMILES string of the molecule is NC[C@H]1CN(c2ccc(-c3ccc(Cl)nc3)c(F)c2)C(=O)O1. The van der Waals surface area contributed by atoms with Crippen molar-refractivity contribution in [3.8, 4) is 11.1 Å². The number of amides is 1. The van der Waals surface area contributed by atoms with E-state index in [1.807, 2.05) is 0 Å². The standard InChI is InChI=1S/C15H13ClFN3O2/c16-14-4-1-9(7-19-14)12-3-2-10(5-13(12)17)20-8-11(6-18)22-15(20)21/h1-5,7,11H,6,8,18H2/t11-/m0/s1. The monoisotopic (exact) mass is 321 g/mol. The quantitative estimate of drug-likeness (QED) is 0.883. The summed E-state index contributed by atoms with van der Waals surface area (Å²) in [5, 5.41) is 0.341. The smallest absolute Gasteiger partial charge is 0.414 e. The Balaban J connectivity index is 1.89. The molecule has 0 saturated carbocycles. The predicted molar refractivity (Wildman–Crippen MR) is 81.3 cm³/mol. The van der Waals surface area contributed by atoms with Gasteiger partial charge in [0.25, 0.3) is 0 Å². The number of aromatic nitrogens is 1. The lowest BCUT2D eigenvalue weighted by molar-refractivity contribution is 0.145. The zero-order valence-electron chi connectivity index (χ0n) is 11.5. The molecule has 1 aromatic carbocycles. The van der Waals surface area contributed by atoms with Crippen LogP contribution in [0, 0.1) is 5.82 Å². The van der Waals surface area contributed by atoms with Crippen molar-refractivity contribution in [1.29, 1.82) is 0 Å². The van der Waals surface area contributed by atoms with E-state index in [0.717, 1.165) is 0 Å². The van der Waals surface area contributed by atoms with Gasteiger partial charge in [-0.3, -0.25) is 4.90 Å². The zero-order chi connectivity index (χ0) is 15.7. The van der Waals surface area contributed by atoms with Crippen molar-refractivity contribution < 1.29 is 13.9 Å². The number of hydrogen-bond donors (Lipinski definition) is 1. The van der Waals surface area contributed by atoms with Gasteiger partial charge in [0, 0.05) is 23.9 Å². The van der Waals surface area contributed by atoms with Gasteiger partial charge in [-0.05, 0) is 30.3 Å². The number of rotatable bonds is 3. The molecular weight excluding hydrogens is 309 g/mol. The third-order valence-electron chi connectivity index (χ3n) is 3.44. The lowest BCUT2D eigenvalue weighted by Crippen LogP contribution is -2.27. The molecule has 114 valence electrons. The van der Waals surface area contributed by atoms with E-state index in [1.54, 1.807) is 24.3 Å². The second-order valence-electron chi connectivity index (χ2n) is 4.89. The van der Waals surface area contributed by atoms with Gasteiger partial charge < -0.3 is 10.5 Å². The number of benzene rings is 1. The summed E-state index contributed by atoms with van der Waals surface area (Å²) >= 11 is 5.72. The first-order valence-electron chi connectivity index (χ1n) is 6.68. The Kier molecular flexibility index (Phi) is 3.96. The number of pyridine rings is 1. The third kappa shape index (κ3) is 2.75. The molecule has 0 radical (unpaired) electrons. The Morgan fingerprint density at radius 2 is 2.23 bits per heavy atom. The second-order valence-corrected chi connectivity index (χ2v) is 5.27. The molecule has 1 fully saturated rings. The minimum Gasteiger partial charge on any atom is -0.443 e. The average Bonchev–Trinajstić information content (AvgIpc) is 2.89. The van der Waals surface area contributed by atoms with Crippen molar-refractivity contribution in [3.05, 3.63) is 47.5 Å². The molecule has 0 bridgehead atoms. The number of hydrogen-bond acceptors (Lipinski definition) is 4. The molecule has 1 aliphatic heterocycles. The van der Waals surface area contributed by atoms with Crippen LogP contribution < -0.4 is 10.6 Å². The summed E-state index contributed by atoms with van der Waals surface area (Å²) in [5.74, 6) is -0.453. The number of ether oxygens (including phenoxy) is 1. The number of cyclic esters (lactones) is 1. The van der Waals surface area contributed by atoms with Gasteiger partial charge in [0.1, 0.15) is 17.1 Å². The van der Waals surface area contributed by atoms with Gasteiger partial charge in [-0.25, -0.2) is 14.2 Å². The molecule has 1 aromatic heterocycles. The molecule has 1 aliphatic rings. The Labute approximate surface area is 131 Å². The van der Waals surface area contributed by atoms with Crippen molar-refractivity contribution in [2.45, 2.75) is 6.10 Å². The van der Waals surface area contributed by atoms with E-state index in [-0.39, 0.29) is 12.6 Å². The lowest BCUT2D eigenvalue weighted by atomic mass is 10.1. The number of nitrogens with zero attached hydrogens (tertiary/aromatic N) is 2. The Morgan fingerprint density at radius 3 is 2.82 bits per heavy atom. The predicted octanol–water partition coefficient (Wildman–Crippen LogP) is 2.83. The molecular formula is C15H13ClFN3O2. The Bertz CT molecular complexity index is 708. The molecule has 0 unspecified atom stereocenters. The van der Waals surface area contributed by atoms with Gasteiger partial charge in [0.2, 0.25) is 0 Å². The van der Waals surface area contributed by atoms with Crippen molar-refractivity contribution in [2.75, 3.05) is 18.0 Å². The minimum atomic E-state index is -0.518. The normalized spacial score (nSPS) is 17.7. The fourth-order valence-corrected chi connectivity index (χ4v) is 2.41. The van der Waals surface area contributed by atoms with E-state index in [1.165, 1.54) is 17.2 Å². The molecule has 22 heavy (non-hydrogen) atoms. The highest BCUT2D eigenvalue weighted by atomic mass is 35.5. The highest BCUT2D eigenvalue weighted by Crippen LogP contribution is 2.29. The maximum Gasteiger partial charge on any atom is 0.414 e. The van der Waals surface area contributed by atoms with Crippen molar-refractivity contribution >= 4 is 23.4 Å². The topological polar surface area (TPSA) is 68.5 Å². The molecule has 0 aliphatic carbocycles. The van der Waals surface area contributed by atoms with Crippen molar-refractivity contribution in [3.63, 3.8) is 0 Å². The first-order valence-corrected chi connectivity index (χ1v) is 7.06. The molecule has 0 spiro atoms. The van der Waals surface area contributed by atoms with E-state index >= 15 is 0 Å². The maximum absolute atomic E-state index is 14.3. The lowest BCUT2D eigenvalue weighted by Gasteiger charge is -2.14. The highest BCUT2D eigenvalue weighted by molar-refractivity contribution is 6.29. The van der Waals surface area contributed by atoms with Crippen LogP contribution in [-0.4, -0.2) is 30.3 Å². The first kappa shape index (κ1) is 14.7. The number of anilines is 1. The number of carbonyl (C=O) groups excluding carboxylic acids is 1. The fourth-order valence-electron chi connectivity index (χ4n) is 2.30. The van der Waals surface area contributed by atoms with Gasteiger partial charge in [-0.2, -0.15) is 0 Å². The van der Waals surface area contributed by atoms with Crippen LogP contribution in [0.15, 0.2) is 36.5 Å². The molecule has 2 aromatic rings. The summed E-state index contributed by atoms with van der Waals surface area (Å²) in [7, 11) is 0. The Hall–Kier alpha value is -2.18. The van der Waals surface area contributed by atoms with Crippen LogP contribution in [0.3, 0.4) is 0 Å². The van der Waals surface area contributed by atoms with Crippen molar-refractivity contribution in [2.24, 2.45) is 5.73 Å². The summed E-state index contributed by atoms with van der Waals surface area (Å²) in [6, 6.07) is 7.83. The van der Waals surface area contributed by atoms with Crippen LogP contribution in [-0.2, 0) is 4.74 Å². The van der Waals surface area contributed by atoms with Gasteiger partial charge >= 0.3 is 6.09 Å². The average molecular weight is 322 g/mol. The maximum atomic E-state index is 14.3. The largest absolute Gasteiger partial charge is 0.443 e. The molecule has 7 heteroatoms.